The van der Waals surface area contributed by atoms with E-state index in [0.717, 1.165) is 0 Å². The van der Waals surface area contributed by atoms with Gasteiger partial charge in [0.2, 0.25) is 10.0 Å². The number of nitrogens with two attached hydrogens (primary N) is 1. The molecule has 7 heteroatoms. The first-order valence-corrected chi connectivity index (χ1v) is 6.38. The molecule has 0 aromatic heterocycles. The molecule has 88 valence electrons. The molecule has 0 spiro atoms. The van der Waals surface area contributed by atoms with E-state index in [2.05, 4.69) is 5.32 Å². The van der Waals surface area contributed by atoms with E-state index in [9.17, 15) is 13.2 Å². The molecule has 0 aliphatic heterocycles. The molecule has 0 aliphatic rings. The number of carbonyl (C=O) groups excluding carboxylic acids is 1. The molecule has 0 radical (unpaired) electrons. The van der Waals surface area contributed by atoms with Gasteiger partial charge in [-0.3, -0.25) is 4.79 Å². The van der Waals surface area contributed by atoms with Crippen molar-refractivity contribution >= 4 is 27.5 Å². The zero-order chi connectivity index (χ0) is 12.3. The molecule has 1 aromatic carbocycles. The highest BCUT2D eigenvalue weighted by Gasteiger charge is 2.13. The first-order valence-electron chi connectivity index (χ1n) is 4.46. The SMILES string of the molecule is CCNC(=O)c1cc(Cl)cc(S(N)(=O)=O)c1. The van der Waals surface area contributed by atoms with Crippen molar-refractivity contribution in [3.05, 3.63) is 28.8 Å². The Morgan fingerprint density at radius 2 is 2.06 bits per heavy atom. The predicted octanol–water partition coefficient (Wildman–Crippen LogP) is 0.737. The zero-order valence-corrected chi connectivity index (χ0v) is 10.1. The van der Waals surface area contributed by atoms with Gasteiger partial charge in [0.25, 0.3) is 5.91 Å². The number of sulfonamides is 1. The third-order valence-corrected chi connectivity index (χ3v) is 2.91. The van der Waals surface area contributed by atoms with Gasteiger partial charge in [-0.2, -0.15) is 0 Å². The topological polar surface area (TPSA) is 89.3 Å². The van der Waals surface area contributed by atoms with Crippen LogP contribution in [0, 0.1) is 0 Å². The molecule has 0 bridgehead atoms. The number of halogens is 1. The van der Waals surface area contributed by atoms with Gasteiger partial charge in [-0.05, 0) is 25.1 Å². The van der Waals surface area contributed by atoms with E-state index in [0.29, 0.717) is 6.54 Å². The van der Waals surface area contributed by atoms with Gasteiger partial charge in [0.15, 0.2) is 0 Å². The van der Waals surface area contributed by atoms with Crippen LogP contribution in [-0.4, -0.2) is 20.9 Å². The van der Waals surface area contributed by atoms with Crippen LogP contribution in [0.25, 0.3) is 0 Å². The summed E-state index contributed by atoms with van der Waals surface area (Å²) < 4.78 is 22.2. The molecule has 0 atom stereocenters. The number of rotatable bonds is 3. The average molecular weight is 263 g/mol. The molecular formula is C9H11ClN2O3S. The van der Waals surface area contributed by atoms with E-state index >= 15 is 0 Å². The van der Waals surface area contributed by atoms with Crippen molar-refractivity contribution in [1.29, 1.82) is 0 Å². The van der Waals surface area contributed by atoms with Crippen molar-refractivity contribution in [2.75, 3.05) is 6.54 Å². The van der Waals surface area contributed by atoms with Crippen molar-refractivity contribution in [3.63, 3.8) is 0 Å². The number of amides is 1. The van der Waals surface area contributed by atoms with Crippen LogP contribution in [-0.2, 0) is 10.0 Å². The van der Waals surface area contributed by atoms with Gasteiger partial charge in [-0.25, -0.2) is 13.6 Å². The quantitative estimate of drug-likeness (QED) is 0.842. The fourth-order valence-corrected chi connectivity index (χ4v) is 2.00. The number of primary sulfonamides is 1. The third kappa shape index (κ3) is 3.19. The highest BCUT2D eigenvalue weighted by Crippen LogP contribution is 2.18. The van der Waals surface area contributed by atoms with Crippen LogP contribution in [0.2, 0.25) is 5.02 Å². The summed E-state index contributed by atoms with van der Waals surface area (Å²) in [6, 6.07) is 3.76. The lowest BCUT2D eigenvalue weighted by Gasteiger charge is -2.05. The van der Waals surface area contributed by atoms with Crippen molar-refractivity contribution in [3.8, 4) is 0 Å². The molecule has 5 nitrogen and oxygen atoms in total. The van der Waals surface area contributed by atoms with Crippen molar-refractivity contribution in [2.45, 2.75) is 11.8 Å². The van der Waals surface area contributed by atoms with Gasteiger partial charge in [0.05, 0.1) is 4.90 Å². The Labute approximate surface area is 98.6 Å². The van der Waals surface area contributed by atoms with Crippen LogP contribution in [0.3, 0.4) is 0 Å². The summed E-state index contributed by atoms with van der Waals surface area (Å²) in [7, 11) is -3.86. The minimum atomic E-state index is -3.86. The van der Waals surface area contributed by atoms with Gasteiger partial charge in [0.1, 0.15) is 0 Å². The van der Waals surface area contributed by atoms with Gasteiger partial charge in [0, 0.05) is 17.1 Å². The van der Waals surface area contributed by atoms with E-state index in [1.807, 2.05) is 0 Å². The Bertz CT molecular complexity index is 513. The van der Waals surface area contributed by atoms with Crippen LogP contribution in [0.4, 0.5) is 0 Å². The summed E-state index contributed by atoms with van der Waals surface area (Å²) >= 11 is 5.70. The van der Waals surface area contributed by atoms with Gasteiger partial charge >= 0.3 is 0 Å². The highest BCUT2D eigenvalue weighted by molar-refractivity contribution is 7.89. The molecular weight excluding hydrogens is 252 g/mol. The molecule has 0 aliphatic carbocycles. The summed E-state index contributed by atoms with van der Waals surface area (Å²) in [6.45, 7) is 2.19. The van der Waals surface area contributed by atoms with Crippen molar-refractivity contribution in [1.82, 2.24) is 5.32 Å². The van der Waals surface area contributed by atoms with Crippen molar-refractivity contribution < 1.29 is 13.2 Å². The lowest BCUT2D eigenvalue weighted by Crippen LogP contribution is -2.23. The molecule has 16 heavy (non-hydrogen) atoms. The largest absolute Gasteiger partial charge is 0.352 e. The van der Waals surface area contributed by atoms with Crippen LogP contribution < -0.4 is 10.5 Å². The maximum Gasteiger partial charge on any atom is 0.251 e. The second-order valence-electron chi connectivity index (χ2n) is 3.08. The molecule has 3 N–H and O–H groups in total. The summed E-state index contributed by atoms with van der Waals surface area (Å²) in [5.74, 6) is -0.394. The van der Waals surface area contributed by atoms with Gasteiger partial charge in [-0.1, -0.05) is 11.6 Å². The molecule has 0 saturated carbocycles. The Hall–Kier alpha value is -1.11. The molecule has 1 aromatic rings. The maximum absolute atomic E-state index is 11.5. The smallest absolute Gasteiger partial charge is 0.251 e. The van der Waals surface area contributed by atoms with Crippen LogP contribution in [0.5, 0.6) is 0 Å². The standard InChI is InChI=1S/C9H11ClN2O3S/c1-2-12-9(13)6-3-7(10)5-8(4-6)16(11,14)15/h3-5H,2H2,1H3,(H,12,13)(H2,11,14,15). The zero-order valence-electron chi connectivity index (χ0n) is 8.53. The second kappa shape index (κ2) is 4.82. The van der Waals surface area contributed by atoms with Crippen molar-refractivity contribution in [2.24, 2.45) is 5.14 Å². The van der Waals surface area contributed by atoms with E-state index in [1.165, 1.54) is 18.2 Å². The average Bonchev–Trinajstić information content (AvgIpc) is 2.16. The summed E-state index contributed by atoms with van der Waals surface area (Å²) in [5.41, 5.74) is 0.165. The number of benzene rings is 1. The van der Waals surface area contributed by atoms with E-state index in [-0.39, 0.29) is 15.5 Å². The summed E-state index contributed by atoms with van der Waals surface area (Å²) in [6.07, 6.45) is 0. The maximum atomic E-state index is 11.5. The Balaban J connectivity index is 3.24. The summed E-state index contributed by atoms with van der Waals surface area (Å²) in [5, 5.41) is 7.63. The Morgan fingerprint density at radius 1 is 1.44 bits per heavy atom. The third-order valence-electron chi connectivity index (χ3n) is 1.80. The molecule has 1 amide bonds. The Kier molecular flexibility index (Phi) is 3.90. The molecule has 0 fully saturated rings. The first kappa shape index (κ1) is 13.0. The minimum absolute atomic E-state index is 0.146. The predicted molar refractivity (Wildman–Crippen MR) is 60.8 cm³/mol. The molecule has 0 saturated heterocycles. The minimum Gasteiger partial charge on any atom is -0.352 e. The number of hydrogen-bond donors (Lipinski definition) is 2. The van der Waals surface area contributed by atoms with Crippen LogP contribution >= 0.6 is 11.6 Å². The van der Waals surface area contributed by atoms with Crippen LogP contribution in [0.1, 0.15) is 17.3 Å². The lowest BCUT2D eigenvalue weighted by atomic mass is 10.2. The number of carbonyl (C=O) groups is 1. The molecule has 1 rings (SSSR count). The first-order chi connectivity index (χ1) is 7.34. The monoisotopic (exact) mass is 262 g/mol. The number of hydrogen-bond acceptors (Lipinski definition) is 3. The highest BCUT2D eigenvalue weighted by atomic mass is 35.5. The fourth-order valence-electron chi connectivity index (χ4n) is 1.12. The van der Waals surface area contributed by atoms with E-state index in [1.54, 1.807) is 6.92 Å². The second-order valence-corrected chi connectivity index (χ2v) is 5.08. The summed E-state index contributed by atoms with van der Waals surface area (Å²) in [4.78, 5) is 11.3. The molecule has 0 heterocycles. The van der Waals surface area contributed by atoms with Gasteiger partial charge in [-0.15, -0.1) is 0 Å². The van der Waals surface area contributed by atoms with E-state index in [4.69, 9.17) is 16.7 Å². The fraction of sp³-hybridized carbons (Fsp3) is 0.222. The molecule has 0 unspecified atom stereocenters. The van der Waals surface area contributed by atoms with E-state index < -0.39 is 15.9 Å². The van der Waals surface area contributed by atoms with Crippen LogP contribution in [0.15, 0.2) is 23.1 Å². The number of nitrogens with one attached hydrogen (secondary N) is 1. The normalized spacial score (nSPS) is 11.2. The lowest BCUT2D eigenvalue weighted by molar-refractivity contribution is 0.0955. The van der Waals surface area contributed by atoms with Gasteiger partial charge < -0.3 is 5.32 Å². The Morgan fingerprint density at radius 3 is 2.56 bits per heavy atom.